The van der Waals surface area contributed by atoms with Gasteiger partial charge in [0.15, 0.2) is 0 Å². The maximum absolute atomic E-state index is 10.5. The maximum Gasteiger partial charge on any atom is 0.149 e. The van der Waals surface area contributed by atoms with Crippen LogP contribution in [0.15, 0.2) is 28.7 Å². The molecule has 1 rings (SSSR count). The average Bonchev–Trinajstić information content (AvgIpc) is 2.14. The molecule has 0 fully saturated rings. The summed E-state index contributed by atoms with van der Waals surface area (Å²) in [4.78, 5) is 10.5. The highest BCUT2D eigenvalue weighted by Gasteiger charge is 2.06. The highest BCUT2D eigenvalue weighted by molar-refractivity contribution is 9.10. The van der Waals surface area contributed by atoms with Gasteiger partial charge in [0.2, 0.25) is 0 Å². The van der Waals surface area contributed by atoms with Crippen molar-refractivity contribution in [2.45, 2.75) is 12.5 Å². The molecule has 0 saturated heterocycles. The lowest BCUT2D eigenvalue weighted by molar-refractivity contribution is -0.116. The number of ether oxygens (including phenoxy) is 1. The maximum atomic E-state index is 10.5. The number of rotatable bonds is 4. The van der Waals surface area contributed by atoms with Gasteiger partial charge in [-0.05, 0) is 17.7 Å². The van der Waals surface area contributed by atoms with Crippen LogP contribution >= 0.6 is 15.9 Å². The van der Waals surface area contributed by atoms with E-state index in [1.807, 2.05) is 24.3 Å². The summed E-state index contributed by atoms with van der Waals surface area (Å²) in [7, 11) is 1.54. The summed E-state index contributed by atoms with van der Waals surface area (Å²) in [5, 5.41) is 0. The summed E-state index contributed by atoms with van der Waals surface area (Å²) in [6.07, 6.45) is 1.11. The van der Waals surface area contributed by atoms with Gasteiger partial charge >= 0.3 is 0 Å². The van der Waals surface area contributed by atoms with Gasteiger partial charge in [-0.3, -0.25) is 0 Å². The van der Waals surface area contributed by atoms with Crippen molar-refractivity contribution in [1.82, 2.24) is 0 Å². The average molecular weight is 243 g/mol. The van der Waals surface area contributed by atoms with Crippen LogP contribution < -0.4 is 0 Å². The third-order valence-corrected chi connectivity index (χ3v) is 2.27. The van der Waals surface area contributed by atoms with Gasteiger partial charge < -0.3 is 9.53 Å². The van der Waals surface area contributed by atoms with E-state index in [0.717, 1.165) is 16.3 Å². The van der Waals surface area contributed by atoms with Gasteiger partial charge in [-0.1, -0.05) is 28.1 Å². The summed E-state index contributed by atoms with van der Waals surface area (Å²) in [5.41, 5.74) is 1.09. The molecule has 1 aromatic carbocycles. The Bertz CT molecular complexity index is 286. The first-order valence-electron chi connectivity index (χ1n) is 3.99. The topological polar surface area (TPSA) is 26.3 Å². The fraction of sp³-hybridized carbons (Fsp3) is 0.300. The lowest BCUT2D eigenvalue weighted by Gasteiger charge is -2.07. The predicted octanol–water partition coefficient (Wildman–Crippen LogP) is 2.21. The van der Waals surface area contributed by atoms with Crippen LogP contribution in [0.25, 0.3) is 0 Å². The van der Waals surface area contributed by atoms with E-state index in [1.54, 1.807) is 0 Å². The van der Waals surface area contributed by atoms with E-state index < -0.39 is 0 Å². The number of aldehydes is 1. The van der Waals surface area contributed by atoms with Crippen molar-refractivity contribution in [2.75, 3.05) is 7.11 Å². The zero-order valence-electron chi connectivity index (χ0n) is 7.37. The number of carbonyl (C=O) groups excluding carboxylic acids is 1. The molecule has 0 aromatic heterocycles. The van der Waals surface area contributed by atoms with Crippen molar-refractivity contribution >= 4 is 22.2 Å². The SMILES string of the molecule is COC(C=O)Cc1cccc(Br)c1. The van der Waals surface area contributed by atoms with E-state index in [0.29, 0.717) is 6.42 Å². The summed E-state index contributed by atoms with van der Waals surface area (Å²) in [6, 6.07) is 7.85. The molecule has 0 aliphatic carbocycles. The molecular formula is C10H11BrO2. The van der Waals surface area contributed by atoms with E-state index in [4.69, 9.17) is 4.74 Å². The van der Waals surface area contributed by atoms with E-state index in [2.05, 4.69) is 15.9 Å². The number of methoxy groups -OCH3 is 1. The number of benzene rings is 1. The summed E-state index contributed by atoms with van der Waals surface area (Å²) in [5.74, 6) is 0. The molecule has 1 atom stereocenters. The minimum Gasteiger partial charge on any atom is -0.374 e. The van der Waals surface area contributed by atoms with Gasteiger partial charge in [-0.2, -0.15) is 0 Å². The second kappa shape index (κ2) is 5.14. The fourth-order valence-corrected chi connectivity index (χ4v) is 1.53. The smallest absolute Gasteiger partial charge is 0.149 e. The zero-order valence-corrected chi connectivity index (χ0v) is 8.95. The second-order valence-corrected chi connectivity index (χ2v) is 3.66. The highest BCUT2D eigenvalue weighted by Crippen LogP contribution is 2.13. The number of halogens is 1. The molecule has 1 aromatic rings. The van der Waals surface area contributed by atoms with Gasteiger partial charge in [0.1, 0.15) is 12.4 Å². The third kappa shape index (κ3) is 3.28. The second-order valence-electron chi connectivity index (χ2n) is 2.74. The van der Waals surface area contributed by atoms with Crippen LogP contribution in [0.5, 0.6) is 0 Å². The Morgan fingerprint density at radius 1 is 1.62 bits per heavy atom. The molecule has 1 unspecified atom stereocenters. The third-order valence-electron chi connectivity index (χ3n) is 1.78. The van der Waals surface area contributed by atoms with E-state index in [9.17, 15) is 4.79 Å². The van der Waals surface area contributed by atoms with Crippen molar-refractivity contribution < 1.29 is 9.53 Å². The lowest BCUT2D eigenvalue weighted by Crippen LogP contribution is -2.15. The molecule has 0 spiro atoms. The molecule has 70 valence electrons. The van der Waals surface area contributed by atoms with Gasteiger partial charge in [0.25, 0.3) is 0 Å². The molecule has 0 aliphatic rings. The Morgan fingerprint density at radius 2 is 2.38 bits per heavy atom. The van der Waals surface area contributed by atoms with E-state index in [-0.39, 0.29) is 6.10 Å². The van der Waals surface area contributed by atoms with Crippen molar-refractivity contribution in [3.63, 3.8) is 0 Å². The molecule has 3 heteroatoms. The van der Waals surface area contributed by atoms with Gasteiger partial charge in [-0.15, -0.1) is 0 Å². The summed E-state index contributed by atoms with van der Waals surface area (Å²) >= 11 is 3.37. The number of hydrogen-bond acceptors (Lipinski definition) is 2. The number of carbonyl (C=O) groups is 1. The van der Waals surface area contributed by atoms with E-state index >= 15 is 0 Å². The lowest BCUT2D eigenvalue weighted by atomic mass is 10.1. The molecular weight excluding hydrogens is 232 g/mol. The van der Waals surface area contributed by atoms with Gasteiger partial charge in [0.05, 0.1) is 0 Å². The van der Waals surface area contributed by atoms with Gasteiger partial charge in [-0.25, -0.2) is 0 Å². The highest BCUT2D eigenvalue weighted by atomic mass is 79.9. The van der Waals surface area contributed by atoms with Crippen molar-refractivity contribution in [2.24, 2.45) is 0 Å². The molecule has 13 heavy (non-hydrogen) atoms. The first-order chi connectivity index (χ1) is 6.26. The van der Waals surface area contributed by atoms with Crippen LogP contribution in [-0.2, 0) is 16.0 Å². The van der Waals surface area contributed by atoms with Gasteiger partial charge in [0, 0.05) is 18.0 Å². The Balaban J connectivity index is 2.67. The molecule has 0 N–H and O–H groups in total. The van der Waals surface area contributed by atoms with Crippen molar-refractivity contribution in [3.05, 3.63) is 34.3 Å². The zero-order chi connectivity index (χ0) is 9.68. The molecule has 0 aliphatic heterocycles. The van der Waals surface area contributed by atoms with Crippen LogP contribution in [0.4, 0.5) is 0 Å². The number of hydrogen-bond donors (Lipinski definition) is 0. The standard InChI is InChI=1S/C10H11BrO2/c1-13-10(7-12)6-8-3-2-4-9(11)5-8/h2-5,7,10H,6H2,1H3. The van der Waals surface area contributed by atoms with E-state index in [1.165, 1.54) is 7.11 Å². The molecule has 0 amide bonds. The van der Waals surface area contributed by atoms with Crippen LogP contribution in [0, 0.1) is 0 Å². The van der Waals surface area contributed by atoms with Crippen LogP contribution in [0.2, 0.25) is 0 Å². The predicted molar refractivity (Wildman–Crippen MR) is 54.7 cm³/mol. The molecule has 0 bridgehead atoms. The first kappa shape index (κ1) is 10.4. The van der Waals surface area contributed by atoms with Crippen LogP contribution in [-0.4, -0.2) is 19.5 Å². The molecule has 0 saturated carbocycles. The molecule has 0 heterocycles. The largest absolute Gasteiger partial charge is 0.374 e. The van der Waals surface area contributed by atoms with Crippen LogP contribution in [0.3, 0.4) is 0 Å². The Labute approximate surface area is 86.0 Å². The summed E-state index contributed by atoms with van der Waals surface area (Å²) < 4.78 is 5.98. The van der Waals surface area contributed by atoms with Crippen molar-refractivity contribution in [3.8, 4) is 0 Å². The Kier molecular flexibility index (Phi) is 4.12. The normalized spacial score (nSPS) is 12.5. The van der Waals surface area contributed by atoms with Crippen molar-refractivity contribution in [1.29, 1.82) is 0 Å². The minimum absolute atomic E-state index is 0.339. The molecule has 2 nitrogen and oxygen atoms in total. The molecule has 0 radical (unpaired) electrons. The Morgan fingerprint density at radius 3 is 2.92 bits per heavy atom. The minimum atomic E-state index is -0.339. The Hall–Kier alpha value is -0.670. The summed E-state index contributed by atoms with van der Waals surface area (Å²) in [6.45, 7) is 0. The van der Waals surface area contributed by atoms with Crippen LogP contribution in [0.1, 0.15) is 5.56 Å². The quantitative estimate of drug-likeness (QED) is 0.758. The fourth-order valence-electron chi connectivity index (χ4n) is 1.08. The monoisotopic (exact) mass is 242 g/mol. The first-order valence-corrected chi connectivity index (χ1v) is 4.78.